The molecule has 1 saturated heterocycles. The van der Waals surface area contributed by atoms with Crippen molar-refractivity contribution in [3.05, 3.63) is 29.3 Å². The number of nitrogens with zero attached hydrogens (tertiary/aromatic N) is 1. The van der Waals surface area contributed by atoms with Gasteiger partial charge in [-0.3, -0.25) is 0 Å². The molecule has 1 atom stereocenters. The average Bonchev–Trinajstić information content (AvgIpc) is 2.31. The van der Waals surface area contributed by atoms with Crippen LogP contribution in [0.3, 0.4) is 0 Å². The van der Waals surface area contributed by atoms with Crippen LogP contribution in [0.25, 0.3) is 0 Å². The fourth-order valence-electron chi connectivity index (χ4n) is 2.27. The Morgan fingerprint density at radius 1 is 1.38 bits per heavy atom. The number of halogens is 1. The third kappa shape index (κ3) is 3.13. The Labute approximate surface area is 103 Å². The quantitative estimate of drug-likeness (QED) is 0.871. The van der Waals surface area contributed by atoms with Crippen molar-refractivity contribution in [1.82, 2.24) is 5.32 Å². The molecule has 1 unspecified atom stereocenters. The van der Waals surface area contributed by atoms with Gasteiger partial charge in [-0.15, -0.1) is 0 Å². The van der Waals surface area contributed by atoms with Crippen LogP contribution < -0.4 is 10.2 Å². The second-order valence-corrected chi connectivity index (χ2v) is 5.01. The Morgan fingerprint density at radius 3 is 2.75 bits per heavy atom. The van der Waals surface area contributed by atoms with E-state index in [9.17, 15) is 0 Å². The van der Waals surface area contributed by atoms with E-state index < -0.39 is 0 Å². The van der Waals surface area contributed by atoms with Crippen LogP contribution in [-0.2, 0) is 0 Å². The molecule has 88 valence electrons. The topological polar surface area (TPSA) is 15.3 Å². The molecular weight excluding hydrogens is 220 g/mol. The molecule has 1 heterocycles. The Morgan fingerprint density at radius 2 is 2.12 bits per heavy atom. The van der Waals surface area contributed by atoms with Gasteiger partial charge in [-0.05, 0) is 56.1 Å². The smallest absolute Gasteiger partial charge is 0.0407 e. The molecule has 3 heteroatoms. The highest BCUT2D eigenvalue weighted by Crippen LogP contribution is 2.19. The molecule has 1 fully saturated rings. The fraction of sp³-hybridized carbons (Fsp3) is 0.538. The van der Waals surface area contributed by atoms with Crippen molar-refractivity contribution >= 4 is 17.3 Å². The van der Waals surface area contributed by atoms with Gasteiger partial charge in [-0.1, -0.05) is 11.6 Å². The average molecular weight is 239 g/mol. The molecule has 1 aromatic carbocycles. The predicted octanol–water partition coefficient (Wildman–Crippen LogP) is 2.78. The SMILES string of the molecule is CN(CC1CCCNC1)c1ccc(Cl)cc1. The molecule has 0 spiro atoms. The molecule has 0 amide bonds. The summed E-state index contributed by atoms with van der Waals surface area (Å²) in [5, 5.41) is 4.26. The fourth-order valence-corrected chi connectivity index (χ4v) is 2.39. The van der Waals surface area contributed by atoms with Crippen LogP contribution in [0.5, 0.6) is 0 Å². The van der Waals surface area contributed by atoms with Gasteiger partial charge < -0.3 is 10.2 Å². The highest BCUT2D eigenvalue weighted by Gasteiger charge is 2.15. The lowest BCUT2D eigenvalue weighted by Gasteiger charge is -2.28. The van der Waals surface area contributed by atoms with Crippen molar-refractivity contribution in [1.29, 1.82) is 0 Å². The minimum atomic E-state index is 0.773. The van der Waals surface area contributed by atoms with Crippen LogP contribution in [0.2, 0.25) is 5.02 Å². The zero-order valence-corrected chi connectivity index (χ0v) is 10.5. The van der Waals surface area contributed by atoms with Crippen LogP contribution in [0, 0.1) is 5.92 Å². The lowest BCUT2D eigenvalue weighted by molar-refractivity contribution is 0.381. The van der Waals surface area contributed by atoms with Crippen molar-refractivity contribution in [2.24, 2.45) is 5.92 Å². The molecule has 1 N–H and O–H groups in total. The summed E-state index contributed by atoms with van der Waals surface area (Å²) in [6.07, 6.45) is 2.64. The molecule has 1 aliphatic heterocycles. The number of anilines is 1. The van der Waals surface area contributed by atoms with Crippen LogP contribution >= 0.6 is 11.6 Å². The maximum atomic E-state index is 5.88. The van der Waals surface area contributed by atoms with Gasteiger partial charge in [0.1, 0.15) is 0 Å². The van der Waals surface area contributed by atoms with Gasteiger partial charge in [-0.25, -0.2) is 0 Å². The number of hydrogen-bond acceptors (Lipinski definition) is 2. The lowest BCUT2D eigenvalue weighted by Crippen LogP contribution is -2.36. The van der Waals surface area contributed by atoms with Gasteiger partial charge in [0.25, 0.3) is 0 Å². The Bertz CT molecular complexity index is 317. The highest BCUT2D eigenvalue weighted by atomic mass is 35.5. The number of nitrogens with one attached hydrogen (secondary N) is 1. The summed E-state index contributed by atoms with van der Waals surface area (Å²) >= 11 is 5.88. The molecular formula is C13H19ClN2. The Hall–Kier alpha value is -0.730. The molecule has 0 saturated carbocycles. The minimum absolute atomic E-state index is 0.773. The normalized spacial score (nSPS) is 20.8. The van der Waals surface area contributed by atoms with Crippen LogP contribution in [-0.4, -0.2) is 26.7 Å². The van der Waals surface area contributed by atoms with E-state index in [1.807, 2.05) is 12.1 Å². The molecule has 0 aliphatic carbocycles. The van der Waals surface area contributed by atoms with Crippen LogP contribution in [0.15, 0.2) is 24.3 Å². The van der Waals surface area contributed by atoms with E-state index in [-0.39, 0.29) is 0 Å². The van der Waals surface area contributed by atoms with E-state index in [0.717, 1.165) is 24.0 Å². The van der Waals surface area contributed by atoms with Gasteiger partial charge in [0.2, 0.25) is 0 Å². The third-order valence-electron chi connectivity index (χ3n) is 3.20. The summed E-state index contributed by atoms with van der Waals surface area (Å²) in [6.45, 7) is 3.45. The summed E-state index contributed by atoms with van der Waals surface area (Å²) in [5.74, 6) is 0.773. The minimum Gasteiger partial charge on any atom is -0.374 e. The predicted molar refractivity (Wildman–Crippen MR) is 70.3 cm³/mol. The number of piperidine rings is 1. The van der Waals surface area contributed by atoms with Gasteiger partial charge in [0.05, 0.1) is 0 Å². The van der Waals surface area contributed by atoms with Crippen molar-refractivity contribution in [3.8, 4) is 0 Å². The zero-order chi connectivity index (χ0) is 11.4. The molecule has 0 bridgehead atoms. The first-order valence-electron chi connectivity index (χ1n) is 5.93. The monoisotopic (exact) mass is 238 g/mol. The first-order valence-corrected chi connectivity index (χ1v) is 6.31. The van der Waals surface area contributed by atoms with E-state index in [1.165, 1.54) is 25.1 Å². The molecule has 1 aromatic rings. The summed E-state index contributed by atoms with van der Waals surface area (Å²) in [7, 11) is 2.15. The summed E-state index contributed by atoms with van der Waals surface area (Å²) in [6, 6.07) is 8.07. The molecule has 16 heavy (non-hydrogen) atoms. The van der Waals surface area contributed by atoms with E-state index in [2.05, 4.69) is 29.4 Å². The van der Waals surface area contributed by atoms with E-state index in [0.29, 0.717) is 0 Å². The first-order chi connectivity index (χ1) is 7.75. The largest absolute Gasteiger partial charge is 0.374 e. The van der Waals surface area contributed by atoms with E-state index in [4.69, 9.17) is 11.6 Å². The molecule has 2 nitrogen and oxygen atoms in total. The van der Waals surface area contributed by atoms with Gasteiger partial charge in [-0.2, -0.15) is 0 Å². The second-order valence-electron chi connectivity index (χ2n) is 4.57. The van der Waals surface area contributed by atoms with Crippen molar-refractivity contribution in [2.45, 2.75) is 12.8 Å². The Kier molecular flexibility index (Phi) is 4.08. The Balaban J connectivity index is 1.91. The number of benzene rings is 1. The molecule has 0 radical (unpaired) electrons. The third-order valence-corrected chi connectivity index (χ3v) is 3.45. The second kappa shape index (κ2) is 5.55. The van der Waals surface area contributed by atoms with Gasteiger partial charge in [0, 0.05) is 24.3 Å². The highest BCUT2D eigenvalue weighted by molar-refractivity contribution is 6.30. The lowest BCUT2D eigenvalue weighted by atomic mass is 9.99. The van der Waals surface area contributed by atoms with E-state index >= 15 is 0 Å². The maximum absolute atomic E-state index is 5.88. The first kappa shape index (κ1) is 11.7. The van der Waals surface area contributed by atoms with Crippen molar-refractivity contribution in [2.75, 3.05) is 31.6 Å². The summed E-state index contributed by atoms with van der Waals surface area (Å²) in [4.78, 5) is 2.31. The molecule has 2 rings (SSSR count). The standard InChI is InChI=1S/C13H19ClN2/c1-16(10-11-3-2-8-15-9-11)13-6-4-12(14)5-7-13/h4-7,11,15H,2-3,8-10H2,1H3. The van der Waals surface area contributed by atoms with Gasteiger partial charge in [0.15, 0.2) is 0 Å². The summed E-state index contributed by atoms with van der Waals surface area (Å²) in [5.41, 5.74) is 1.25. The number of rotatable bonds is 3. The van der Waals surface area contributed by atoms with Crippen molar-refractivity contribution < 1.29 is 0 Å². The summed E-state index contributed by atoms with van der Waals surface area (Å²) < 4.78 is 0. The van der Waals surface area contributed by atoms with Crippen LogP contribution in [0.4, 0.5) is 5.69 Å². The maximum Gasteiger partial charge on any atom is 0.0407 e. The van der Waals surface area contributed by atoms with E-state index in [1.54, 1.807) is 0 Å². The molecule has 0 aromatic heterocycles. The van der Waals surface area contributed by atoms with Gasteiger partial charge >= 0.3 is 0 Å². The molecule has 1 aliphatic rings. The van der Waals surface area contributed by atoms with Crippen LogP contribution in [0.1, 0.15) is 12.8 Å². The zero-order valence-electron chi connectivity index (χ0n) is 9.75. The van der Waals surface area contributed by atoms with Crippen molar-refractivity contribution in [3.63, 3.8) is 0 Å². The number of hydrogen-bond donors (Lipinski definition) is 1.